The van der Waals surface area contributed by atoms with Gasteiger partial charge in [-0.1, -0.05) is 0 Å². The smallest absolute Gasteiger partial charge is 0.219 e. The molecule has 0 aliphatic carbocycles. The molecule has 24 heavy (non-hydrogen) atoms. The minimum atomic E-state index is -0.366. The lowest BCUT2D eigenvalue weighted by molar-refractivity contribution is -0.118. The summed E-state index contributed by atoms with van der Waals surface area (Å²) in [7, 11) is 0. The minimum absolute atomic E-state index is 0.225. The SMILES string of the molecule is NC(=O)CCn1cc2c(N)nc3cc(-n4cccn4)ccc3c2n1. The second-order valence-electron chi connectivity index (χ2n) is 5.52. The molecule has 0 atom stereocenters. The molecule has 1 amide bonds. The molecule has 8 heteroatoms. The van der Waals surface area contributed by atoms with Crippen molar-refractivity contribution in [3.8, 4) is 5.69 Å². The van der Waals surface area contributed by atoms with E-state index in [2.05, 4.69) is 15.2 Å². The van der Waals surface area contributed by atoms with Crippen molar-refractivity contribution in [1.29, 1.82) is 0 Å². The Labute approximate surface area is 136 Å². The van der Waals surface area contributed by atoms with Crippen LogP contribution in [0.4, 0.5) is 5.82 Å². The summed E-state index contributed by atoms with van der Waals surface area (Å²) >= 11 is 0. The number of benzene rings is 1. The predicted octanol–water partition coefficient (Wildman–Crippen LogP) is 1.23. The number of anilines is 1. The van der Waals surface area contributed by atoms with E-state index in [-0.39, 0.29) is 12.3 Å². The largest absolute Gasteiger partial charge is 0.383 e. The van der Waals surface area contributed by atoms with E-state index in [1.165, 1.54) is 0 Å². The second kappa shape index (κ2) is 5.34. The number of carbonyl (C=O) groups excluding carboxylic acids is 1. The van der Waals surface area contributed by atoms with Crippen LogP contribution in [0.3, 0.4) is 0 Å². The maximum atomic E-state index is 11.0. The van der Waals surface area contributed by atoms with Crippen LogP contribution in [0.2, 0.25) is 0 Å². The minimum Gasteiger partial charge on any atom is -0.383 e. The lowest BCUT2D eigenvalue weighted by Crippen LogP contribution is -2.14. The van der Waals surface area contributed by atoms with Gasteiger partial charge in [-0.2, -0.15) is 10.2 Å². The number of rotatable bonds is 4. The molecular formula is C16H15N7O. The predicted molar refractivity (Wildman–Crippen MR) is 90.4 cm³/mol. The first-order valence-electron chi connectivity index (χ1n) is 7.46. The number of hydrogen-bond donors (Lipinski definition) is 2. The molecule has 0 unspecified atom stereocenters. The van der Waals surface area contributed by atoms with E-state index in [1.807, 2.05) is 30.5 Å². The van der Waals surface area contributed by atoms with Crippen LogP contribution in [0.1, 0.15) is 6.42 Å². The van der Waals surface area contributed by atoms with Crippen LogP contribution in [0.25, 0.3) is 27.5 Å². The highest BCUT2D eigenvalue weighted by Gasteiger charge is 2.12. The highest BCUT2D eigenvalue weighted by Crippen LogP contribution is 2.28. The number of primary amides is 1. The molecule has 4 rings (SSSR count). The quantitative estimate of drug-likeness (QED) is 0.586. The molecule has 0 spiro atoms. The van der Waals surface area contributed by atoms with Crippen molar-refractivity contribution in [3.05, 3.63) is 42.9 Å². The van der Waals surface area contributed by atoms with Gasteiger partial charge in [-0.3, -0.25) is 9.48 Å². The van der Waals surface area contributed by atoms with E-state index in [0.29, 0.717) is 12.4 Å². The Bertz CT molecular complexity index is 1050. The average molecular weight is 321 g/mol. The lowest BCUT2D eigenvalue weighted by atomic mass is 10.1. The van der Waals surface area contributed by atoms with Crippen LogP contribution in [0, 0.1) is 0 Å². The van der Waals surface area contributed by atoms with Gasteiger partial charge in [-0.15, -0.1) is 0 Å². The number of carbonyl (C=O) groups is 1. The fourth-order valence-corrected chi connectivity index (χ4v) is 2.71. The summed E-state index contributed by atoms with van der Waals surface area (Å²) in [5.74, 6) is 0.0369. The zero-order chi connectivity index (χ0) is 16.7. The molecule has 0 saturated heterocycles. The standard InChI is InChI=1S/C16H15N7O/c17-14(24)4-7-22-9-12-15(21-22)11-3-2-10(23-6-1-5-19-23)8-13(11)20-16(12)18/h1-3,5-6,8-9H,4,7H2,(H2,17,24)(H2,18,20). The van der Waals surface area contributed by atoms with Gasteiger partial charge in [0.15, 0.2) is 0 Å². The summed E-state index contributed by atoms with van der Waals surface area (Å²) in [6.45, 7) is 0.413. The zero-order valence-electron chi connectivity index (χ0n) is 12.8. The Morgan fingerprint density at radius 1 is 1.25 bits per heavy atom. The number of aryl methyl sites for hydroxylation is 1. The first-order chi connectivity index (χ1) is 11.6. The molecule has 0 aliphatic heterocycles. The number of fused-ring (bicyclic) bond motifs is 3. The summed E-state index contributed by atoms with van der Waals surface area (Å²) in [6.07, 6.45) is 5.60. The summed E-state index contributed by atoms with van der Waals surface area (Å²) in [5.41, 5.74) is 13.7. The van der Waals surface area contributed by atoms with Crippen molar-refractivity contribution in [2.45, 2.75) is 13.0 Å². The van der Waals surface area contributed by atoms with Crippen molar-refractivity contribution in [1.82, 2.24) is 24.5 Å². The molecule has 3 aromatic heterocycles. The molecule has 1 aromatic carbocycles. The van der Waals surface area contributed by atoms with Crippen LogP contribution in [0.5, 0.6) is 0 Å². The molecule has 4 aromatic rings. The summed E-state index contributed by atoms with van der Waals surface area (Å²) in [4.78, 5) is 15.4. The number of nitrogens with zero attached hydrogens (tertiary/aromatic N) is 5. The molecule has 120 valence electrons. The molecule has 0 saturated carbocycles. The Hall–Kier alpha value is -3.42. The first-order valence-corrected chi connectivity index (χ1v) is 7.46. The molecular weight excluding hydrogens is 306 g/mol. The molecule has 4 N–H and O–H groups in total. The summed E-state index contributed by atoms with van der Waals surface area (Å²) in [5, 5.41) is 10.4. The van der Waals surface area contributed by atoms with Gasteiger partial charge in [0.1, 0.15) is 11.3 Å². The summed E-state index contributed by atoms with van der Waals surface area (Å²) < 4.78 is 3.43. The highest BCUT2D eigenvalue weighted by atomic mass is 16.1. The zero-order valence-corrected chi connectivity index (χ0v) is 12.8. The van der Waals surface area contributed by atoms with E-state index in [0.717, 1.165) is 27.5 Å². The van der Waals surface area contributed by atoms with Gasteiger partial charge in [0.25, 0.3) is 0 Å². The van der Waals surface area contributed by atoms with E-state index < -0.39 is 0 Å². The number of nitrogens with two attached hydrogens (primary N) is 2. The number of amides is 1. The van der Waals surface area contributed by atoms with E-state index in [1.54, 1.807) is 21.8 Å². The second-order valence-corrected chi connectivity index (χ2v) is 5.52. The average Bonchev–Trinajstić information content (AvgIpc) is 3.22. The van der Waals surface area contributed by atoms with Crippen molar-refractivity contribution in [2.75, 3.05) is 5.73 Å². The Kier molecular flexibility index (Phi) is 3.16. The highest BCUT2D eigenvalue weighted by molar-refractivity contribution is 6.07. The van der Waals surface area contributed by atoms with Gasteiger partial charge in [0.05, 0.1) is 16.6 Å². The van der Waals surface area contributed by atoms with Gasteiger partial charge < -0.3 is 11.5 Å². The third-order valence-electron chi connectivity index (χ3n) is 3.87. The van der Waals surface area contributed by atoms with Crippen molar-refractivity contribution in [2.24, 2.45) is 5.73 Å². The molecule has 3 heterocycles. The lowest BCUT2D eigenvalue weighted by Gasteiger charge is -2.05. The number of pyridine rings is 1. The molecule has 0 fully saturated rings. The van der Waals surface area contributed by atoms with Gasteiger partial charge in [-0.25, -0.2) is 9.67 Å². The molecule has 8 nitrogen and oxygen atoms in total. The van der Waals surface area contributed by atoms with Gasteiger partial charge in [0, 0.05) is 36.9 Å². The normalized spacial score (nSPS) is 11.3. The molecule has 0 aliphatic rings. The fourth-order valence-electron chi connectivity index (χ4n) is 2.71. The Balaban J connectivity index is 1.85. The molecule has 0 radical (unpaired) electrons. The first kappa shape index (κ1) is 14.2. The Morgan fingerprint density at radius 3 is 2.88 bits per heavy atom. The van der Waals surface area contributed by atoms with Crippen LogP contribution in [-0.4, -0.2) is 30.5 Å². The van der Waals surface area contributed by atoms with Crippen LogP contribution in [0.15, 0.2) is 42.9 Å². The maximum absolute atomic E-state index is 11.0. The summed E-state index contributed by atoms with van der Waals surface area (Å²) in [6, 6.07) is 7.68. The van der Waals surface area contributed by atoms with Gasteiger partial charge in [0.2, 0.25) is 5.91 Å². The van der Waals surface area contributed by atoms with Crippen molar-refractivity contribution in [3.63, 3.8) is 0 Å². The number of aromatic nitrogens is 5. The third-order valence-corrected chi connectivity index (χ3v) is 3.87. The third kappa shape index (κ3) is 2.34. The monoisotopic (exact) mass is 321 g/mol. The van der Waals surface area contributed by atoms with Crippen LogP contribution >= 0.6 is 0 Å². The van der Waals surface area contributed by atoms with Gasteiger partial charge >= 0.3 is 0 Å². The molecule has 0 bridgehead atoms. The number of hydrogen-bond acceptors (Lipinski definition) is 5. The van der Waals surface area contributed by atoms with E-state index in [9.17, 15) is 4.79 Å². The van der Waals surface area contributed by atoms with Crippen molar-refractivity contribution >= 4 is 33.5 Å². The number of nitrogen functional groups attached to an aromatic ring is 1. The van der Waals surface area contributed by atoms with Crippen LogP contribution in [-0.2, 0) is 11.3 Å². The van der Waals surface area contributed by atoms with Crippen molar-refractivity contribution < 1.29 is 4.79 Å². The Morgan fingerprint density at radius 2 is 2.12 bits per heavy atom. The van der Waals surface area contributed by atoms with Crippen LogP contribution < -0.4 is 11.5 Å². The van der Waals surface area contributed by atoms with E-state index in [4.69, 9.17) is 11.5 Å². The van der Waals surface area contributed by atoms with E-state index >= 15 is 0 Å². The van der Waals surface area contributed by atoms with Gasteiger partial charge in [-0.05, 0) is 24.3 Å². The fraction of sp³-hybridized carbons (Fsp3) is 0.125. The maximum Gasteiger partial charge on any atom is 0.219 e. The topological polar surface area (TPSA) is 118 Å².